The van der Waals surface area contributed by atoms with Gasteiger partial charge < -0.3 is 36.8 Å². The largest absolute Gasteiger partial charge is 0.480 e. The number of nitrogens with two attached hydrogens (primary N) is 2. The van der Waals surface area contributed by atoms with Crippen LogP contribution in [0.4, 0.5) is 11.6 Å². The van der Waals surface area contributed by atoms with Crippen LogP contribution < -0.4 is 26.8 Å². The molecule has 3 heterocycles. The molecule has 2 atom stereocenters. The van der Waals surface area contributed by atoms with Crippen LogP contribution in [0.15, 0.2) is 39.5 Å². The summed E-state index contributed by atoms with van der Waals surface area (Å²) >= 11 is 6.68. The lowest BCUT2D eigenvalue weighted by Crippen LogP contribution is -2.44. The maximum atomic E-state index is 12.6. The minimum Gasteiger partial charge on any atom is -0.480 e. The van der Waals surface area contributed by atoms with Crippen molar-refractivity contribution in [1.82, 2.24) is 20.3 Å². The van der Waals surface area contributed by atoms with Crippen molar-refractivity contribution in [2.75, 3.05) is 24.1 Å². The molecule has 10 nitrogen and oxygen atoms in total. The summed E-state index contributed by atoms with van der Waals surface area (Å²) in [6.07, 6.45) is 1.27. The van der Waals surface area contributed by atoms with Gasteiger partial charge in [-0.25, -0.2) is 4.98 Å². The van der Waals surface area contributed by atoms with E-state index in [2.05, 4.69) is 57.4 Å². The molecule has 0 unspecified atom stereocenters. The van der Waals surface area contributed by atoms with E-state index in [-0.39, 0.29) is 37.1 Å². The number of rotatable bonds is 7. The predicted octanol–water partition coefficient (Wildman–Crippen LogP) is 2.72. The number of hydrogen-bond donors (Lipinski definition) is 6. The first-order valence-corrected chi connectivity index (χ1v) is 11.4. The Bertz CT molecular complexity index is 1140. The van der Waals surface area contributed by atoms with Crippen LogP contribution in [-0.4, -0.2) is 45.8 Å². The van der Waals surface area contributed by atoms with Crippen molar-refractivity contribution in [1.29, 1.82) is 0 Å². The van der Waals surface area contributed by atoms with E-state index in [1.165, 1.54) is 0 Å². The first-order valence-electron chi connectivity index (χ1n) is 9.79. The molecule has 32 heavy (non-hydrogen) atoms. The molecule has 12 heteroatoms. The lowest BCUT2D eigenvalue weighted by Gasteiger charge is -2.35. The lowest BCUT2D eigenvalue weighted by atomic mass is 10.00. The summed E-state index contributed by atoms with van der Waals surface area (Å²) in [7, 11) is 0. The number of Topliss-reactive ketones (excluding diaryl/α,β-unsaturated/α-hetero) is 1. The second kappa shape index (κ2) is 9.35. The second-order valence-corrected chi connectivity index (χ2v) is 8.86. The van der Waals surface area contributed by atoms with Crippen LogP contribution in [-0.2, 0) is 0 Å². The van der Waals surface area contributed by atoms with E-state index in [1.54, 1.807) is 30.5 Å². The highest BCUT2D eigenvalue weighted by Crippen LogP contribution is 2.39. The zero-order valence-electron chi connectivity index (χ0n) is 16.7. The van der Waals surface area contributed by atoms with Crippen molar-refractivity contribution in [3.63, 3.8) is 0 Å². The number of anilines is 2. The number of benzene rings is 1. The first kappa shape index (κ1) is 22.4. The Kier molecular flexibility index (Phi) is 6.53. The maximum absolute atomic E-state index is 12.6. The van der Waals surface area contributed by atoms with Gasteiger partial charge in [-0.05, 0) is 56.6 Å². The molecule has 0 spiro atoms. The van der Waals surface area contributed by atoms with Gasteiger partial charge >= 0.3 is 0 Å². The molecule has 0 fully saturated rings. The molecule has 4 rings (SSSR count). The molecular weight excluding hydrogens is 546 g/mol. The number of nitrogens with one attached hydrogen (secondary N) is 4. The van der Waals surface area contributed by atoms with Gasteiger partial charge in [0.25, 0.3) is 5.91 Å². The third kappa shape index (κ3) is 4.52. The van der Waals surface area contributed by atoms with Crippen molar-refractivity contribution < 1.29 is 14.3 Å². The van der Waals surface area contributed by atoms with E-state index in [9.17, 15) is 9.59 Å². The van der Waals surface area contributed by atoms with Crippen LogP contribution in [0.1, 0.15) is 39.1 Å². The van der Waals surface area contributed by atoms with Gasteiger partial charge in [0, 0.05) is 18.5 Å². The average molecular weight is 567 g/mol. The SMILES string of the molecule is NCCC(=O)c1cccc2c1N[C@@H](CNC(=O)c1cc(Br)c(Br)[nH]1)[C@@H](c1cnc(N)[nH]1)O2. The van der Waals surface area contributed by atoms with Crippen LogP contribution in [0.25, 0.3) is 0 Å². The monoisotopic (exact) mass is 565 g/mol. The number of para-hydroxylation sites is 1. The first-order chi connectivity index (χ1) is 15.4. The predicted molar refractivity (Wildman–Crippen MR) is 127 cm³/mol. The van der Waals surface area contributed by atoms with E-state index >= 15 is 0 Å². The Morgan fingerprint density at radius 1 is 1.25 bits per heavy atom. The Morgan fingerprint density at radius 3 is 2.72 bits per heavy atom. The lowest BCUT2D eigenvalue weighted by molar-refractivity contribution is 0.0930. The molecule has 0 bridgehead atoms. The van der Waals surface area contributed by atoms with Crippen molar-refractivity contribution in [2.24, 2.45) is 5.73 Å². The normalized spacial score (nSPS) is 17.2. The van der Waals surface area contributed by atoms with E-state index < -0.39 is 12.1 Å². The van der Waals surface area contributed by atoms with E-state index in [1.807, 2.05) is 0 Å². The molecule has 1 aliphatic heterocycles. The topological polar surface area (TPSA) is 164 Å². The van der Waals surface area contributed by atoms with Gasteiger partial charge in [-0.15, -0.1) is 0 Å². The summed E-state index contributed by atoms with van der Waals surface area (Å²) in [4.78, 5) is 35.2. The summed E-state index contributed by atoms with van der Waals surface area (Å²) < 4.78 is 7.64. The molecule has 0 radical (unpaired) electrons. The molecule has 3 aromatic rings. The number of halogens is 2. The fourth-order valence-corrected chi connectivity index (χ4v) is 4.17. The maximum Gasteiger partial charge on any atom is 0.267 e. The Balaban J connectivity index is 1.61. The fraction of sp³-hybridized carbons (Fsp3) is 0.250. The molecular formula is C20H21Br2N7O3. The average Bonchev–Trinajstić information content (AvgIpc) is 3.36. The van der Waals surface area contributed by atoms with Crippen LogP contribution in [0, 0.1) is 0 Å². The zero-order chi connectivity index (χ0) is 22.8. The highest BCUT2D eigenvalue weighted by atomic mass is 79.9. The van der Waals surface area contributed by atoms with E-state index in [0.717, 1.165) is 4.47 Å². The number of nitrogens with zero attached hydrogens (tertiary/aromatic N) is 1. The molecule has 1 aliphatic rings. The van der Waals surface area contributed by atoms with Crippen molar-refractivity contribution in [2.45, 2.75) is 18.6 Å². The fourth-order valence-electron chi connectivity index (χ4n) is 3.52. The number of H-pyrrole nitrogens is 2. The molecule has 2 aromatic heterocycles. The number of aromatic nitrogens is 3. The van der Waals surface area contributed by atoms with Gasteiger partial charge in [0.1, 0.15) is 11.4 Å². The van der Waals surface area contributed by atoms with Crippen molar-refractivity contribution in [3.05, 3.63) is 56.5 Å². The number of hydrogen-bond acceptors (Lipinski definition) is 7. The number of aromatic amines is 2. The van der Waals surface area contributed by atoms with E-state index in [0.29, 0.717) is 33.0 Å². The molecule has 0 saturated carbocycles. The number of nitrogen functional groups attached to an aromatic ring is 1. The highest BCUT2D eigenvalue weighted by Gasteiger charge is 2.34. The molecule has 168 valence electrons. The number of amides is 1. The second-order valence-electron chi connectivity index (χ2n) is 7.21. The number of fused-ring (bicyclic) bond motifs is 1. The Labute approximate surface area is 200 Å². The smallest absolute Gasteiger partial charge is 0.267 e. The zero-order valence-corrected chi connectivity index (χ0v) is 19.9. The van der Waals surface area contributed by atoms with E-state index in [4.69, 9.17) is 16.2 Å². The van der Waals surface area contributed by atoms with Crippen LogP contribution in [0.5, 0.6) is 5.75 Å². The molecule has 1 amide bonds. The van der Waals surface area contributed by atoms with Crippen molar-refractivity contribution in [3.8, 4) is 5.75 Å². The Hall–Kier alpha value is -2.83. The van der Waals surface area contributed by atoms with Crippen LogP contribution in [0.3, 0.4) is 0 Å². The van der Waals surface area contributed by atoms with Gasteiger partial charge in [-0.3, -0.25) is 9.59 Å². The summed E-state index contributed by atoms with van der Waals surface area (Å²) in [5.74, 6) is 0.393. The number of carbonyl (C=O) groups is 2. The number of ketones is 1. The molecule has 1 aromatic carbocycles. The number of carbonyl (C=O) groups excluding carboxylic acids is 2. The third-order valence-corrected chi connectivity index (χ3v) is 6.80. The van der Waals surface area contributed by atoms with Crippen LogP contribution >= 0.6 is 31.9 Å². The van der Waals surface area contributed by atoms with Crippen LogP contribution in [0.2, 0.25) is 0 Å². The molecule has 0 aliphatic carbocycles. The third-order valence-electron chi connectivity index (χ3n) is 5.02. The summed E-state index contributed by atoms with van der Waals surface area (Å²) in [6, 6.07) is 6.52. The summed E-state index contributed by atoms with van der Waals surface area (Å²) in [5.41, 5.74) is 13.4. The highest BCUT2D eigenvalue weighted by molar-refractivity contribution is 9.13. The minimum atomic E-state index is -0.533. The van der Waals surface area contributed by atoms with Gasteiger partial charge in [0.2, 0.25) is 0 Å². The van der Waals surface area contributed by atoms with Gasteiger partial charge in [-0.1, -0.05) is 6.07 Å². The van der Waals surface area contributed by atoms with Gasteiger partial charge in [0.15, 0.2) is 17.8 Å². The Morgan fingerprint density at radius 2 is 2.06 bits per heavy atom. The standard InChI is InChI=1S/C20H21Br2N7O3/c21-10-6-11(28-18(10)22)19(31)25-7-12-17(13-8-26-20(24)29-13)32-15-3-1-2-9(16(15)27-12)14(30)4-5-23/h1-3,6,8,12,17,27-28H,4-5,7,23H2,(H,25,31)(H3,24,26,29)/t12-,17-/m0/s1. The summed E-state index contributed by atoms with van der Waals surface area (Å²) in [5, 5.41) is 6.26. The molecule has 0 saturated heterocycles. The van der Waals surface area contributed by atoms with Gasteiger partial charge in [-0.2, -0.15) is 0 Å². The number of ether oxygens (including phenoxy) is 1. The quantitative estimate of drug-likeness (QED) is 0.239. The van der Waals surface area contributed by atoms with Crippen molar-refractivity contribution >= 4 is 55.2 Å². The minimum absolute atomic E-state index is 0.0893. The molecule has 8 N–H and O–H groups in total. The van der Waals surface area contributed by atoms with Gasteiger partial charge in [0.05, 0.1) is 32.7 Å². The number of imidazole rings is 1. The summed E-state index contributed by atoms with van der Waals surface area (Å²) in [6.45, 7) is 0.454.